The minimum absolute atomic E-state index is 0.184. The molecule has 0 radical (unpaired) electrons. The van der Waals surface area contributed by atoms with E-state index in [-0.39, 0.29) is 18.5 Å². The number of hydrogen-bond acceptors (Lipinski definition) is 2. The van der Waals surface area contributed by atoms with E-state index in [2.05, 4.69) is 13.0 Å². The number of rotatable bonds is 3. The minimum Gasteiger partial charge on any atom is -0.386 e. The Morgan fingerprint density at radius 2 is 1.76 bits per heavy atom. The monoisotopic (exact) mass is 286 g/mol. The van der Waals surface area contributed by atoms with Gasteiger partial charge < -0.3 is 9.84 Å². The van der Waals surface area contributed by atoms with Crippen molar-refractivity contribution in [2.24, 2.45) is 0 Å². The second-order valence-electron chi connectivity index (χ2n) is 5.65. The first-order chi connectivity index (χ1) is 10.2. The molecule has 0 aliphatic heterocycles. The summed E-state index contributed by atoms with van der Waals surface area (Å²) in [5.41, 5.74) is 2.63. The molecule has 2 nitrogen and oxygen atoms in total. The summed E-state index contributed by atoms with van der Waals surface area (Å²) in [4.78, 5) is 0. The first-order valence-electron chi connectivity index (χ1n) is 7.28. The Morgan fingerprint density at radius 3 is 2.52 bits per heavy atom. The fourth-order valence-corrected chi connectivity index (χ4v) is 3.01. The molecular formula is C18H19FO2. The van der Waals surface area contributed by atoms with Gasteiger partial charge in [0.25, 0.3) is 0 Å². The lowest BCUT2D eigenvalue weighted by molar-refractivity contribution is -0.0609. The standard InChI is InChI=1S/C18H19FO2/c1-12-10-17(18(20)15-8-4-3-7-14(12)15)21-11-13-6-2-5-9-16(13)19/h2-9,12,17-18,20H,10-11H2,1H3. The summed E-state index contributed by atoms with van der Waals surface area (Å²) in [5, 5.41) is 10.5. The van der Waals surface area contributed by atoms with Crippen LogP contribution < -0.4 is 0 Å². The Labute approximate surface area is 124 Å². The number of aliphatic hydroxyl groups excluding tert-OH is 1. The van der Waals surface area contributed by atoms with Crippen LogP contribution in [0.1, 0.15) is 42.1 Å². The second kappa shape index (κ2) is 5.96. The summed E-state index contributed by atoms with van der Waals surface area (Å²) in [6, 6.07) is 14.5. The van der Waals surface area contributed by atoms with E-state index in [0.29, 0.717) is 11.5 Å². The lowest BCUT2D eigenvalue weighted by atomic mass is 9.80. The summed E-state index contributed by atoms with van der Waals surface area (Å²) >= 11 is 0. The van der Waals surface area contributed by atoms with Gasteiger partial charge in [-0.05, 0) is 29.5 Å². The largest absolute Gasteiger partial charge is 0.386 e. The molecule has 1 N–H and O–H groups in total. The molecule has 21 heavy (non-hydrogen) atoms. The highest BCUT2D eigenvalue weighted by atomic mass is 19.1. The van der Waals surface area contributed by atoms with E-state index in [1.165, 1.54) is 11.6 Å². The molecular weight excluding hydrogens is 267 g/mol. The minimum atomic E-state index is -0.649. The lowest BCUT2D eigenvalue weighted by Crippen LogP contribution is -2.29. The summed E-state index contributed by atoms with van der Waals surface area (Å²) < 4.78 is 19.4. The first-order valence-corrected chi connectivity index (χ1v) is 7.28. The number of hydrogen-bond donors (Lipinski definition) is 1. The van der Waals surface area contributed by atoms with Gasteiger partial charge in [-0.3, -0.25) is 0 Å². The number of halogens is 1. The molecule has 0 heterocycles. The quantitative estimate of drug-likeness (QED) is 0.925. The van der Waals surface area contributed by atoms with E-state index in [1.807, 2.05) is 18.2 Å². The van der Waals surface area contributed by atoms with Gasteiger partial charge in [0.2, 0.25) is 0 Å². The SMILES string of the molecule is CC1CC(OCc2ccccc2F)C(O)c2ccccc21. The number of benzene rings is 2. The Bertz CT molecular complexity index is 626. The fourth-order valence-electron chi connectivity index (χ4n) is 3.01. The van der Waals surface area contributed by atoms with Gasteiger partial charge in [-0.15, -0.1) is 0 Å². The fraction of sp³-hybridized carbons (Fsp3) is 0.333. The van der Waals surface area contributed by atoms with Crippen molar-refractivity contribution < 1.29 is 14.2 Å². The third-order valence-corrected chi connectivity index (χ3v) is 4.19. The van der Waals surface area contributed by atoms with Crippen molar-refractivity contribution in [2.45, 2.75) is 38.1 Å². The van der Waals surface area contributed by atoms with Crippen molar-refractivity contribution in [3.63, 3.8) is 0 Å². The van der Waals surface area contributed by atoms with Crippen LogP contribution in [0.2, 0.25) is 0 Å². The number of aliphatic hydroxyl groups is 1. The van der Waals surface area contributed by atoms with E-state index < -0.39 is 6.10 Å². The molecule has 1 aliphatic rings. The lowest BCUT2D eigenvalue weighted by Gasteiger charge is -2.34. The summed E-state index contributed by atoms with van der Waals surface area (Å²) in [7, 11) is 0. The van der Waals surface area contributed by atoms with Crippen LogP contribution >= 0.6 is 0 Å². The predicted octanol–water partition coefficient (Wildman–Crippen LogP) is 3.95. The molecule has 0 amide bonds. The zero-order valence-electron chi connectivity index (χ0n) is 12.0. The Kier molecular flexibility index (Phi) is 4.04. The van der Waals surface area contributed by atoms with Crippen LogP contribution in [0.3, 0.4) is 0 Å². The molecule has 3 rings (SSSR count). The summed E-state index contributed by atoms with van der Waals surface area (Å²) in [5.74, 6) is 0.0615. The van der Waals surface area contributed by atoms with Gasteiger partial charge in [0.1, 0.15) is 11.9 Å². The Hall–Kier alpha value is -1.71. The van der Waals surface area contributed by atoms with Crippen LogP contribution in [0.25, 0.3) is 0 Å². The highest BCUT2D eigenvalue weighted by molar-refractivity contribution is 5.35. The van der Waals surface area contributed by atoms with Crippen molar-refractivity contribution in [3.8, 4) is 0 Å². The molecule has 0 bridgehead atoms. The molecule has 110 valence electrons. The third kappa shape index (κ3) is 2.85. The molecule has 2 aromatic rings. The third-order valence-electron chi connectivity index (χ3n) is 4.19. The van der Waals surface area contributed by atoms with Crippen LogP contribution in [0.4, 0.5) is 4.39 Å². The topological polar surface area (TPSA) is 29.5 Å². The normalized spacial score (nSPS) is 24.6. The maximum atomic E-state index is 13.6. The zero-order valence-corrected chi connectivity index (χ0v) is 12.0. The molecule has 2 aromatic carbocycles. The average Bonchev–Trinajstić information content (AvgIpc) is 2.51. The molecule has 3 atom stereocenters. The molecule has 3 heteroatoms. The molecule has 3 unspecified atom stereocenters. The first kappa shape index (κ1) is 14.2. The van der Waals surface area contributed by atoms with E-state index in [1.54, 1.807) is 18.2 Å². The van der Waals surface area contributed by atoms with E-state index in [0.717, 1.165) is 12.0 Å². The smallest absolute Gasteiger partial charge is 0.128 e. The van der Waals surface area contributed by atoms with Gasteiger partial charge in [0, 0.05) is 5.56 Å². The summed E-state index contributed by atoms with van der Waals surface area (Å²) in [6.07, 6.45) is -0.203. The van der Waals surface area contributed by atoms with Gasteiger partial charge >= 0.3 is 0 Å². The van der Waals surface area contributed by atoms with Crippen LogP contribution in [-0.2, 0) is 11.3 Å². The van der Waals surface area contributed by atoms with Crippen molar-refractivity contribution >= 4 is 0 Å². The predicted molar refractivity (Wildman–Crippen MR) is 79.4 cm³/mol. The maximum absolute atomic E-state index is 13.6. The van der Waals surface area contributed by atoms with Crippen molar-refractivity contribution in [1.29, 1.82) is 0 Å². The summed E-state index contributed by atoms with van der Waals surface area (Å²) in [6.45, 7) is 2.31. The van der Waals surface area contributed by atoms with Crippen molar-refractivity contribution in [3.05, 3.63) is 71.0 Å². The van der Waals surface area contributed by atoms with Crippen molar-refractivity contribution in [1.82, 2.24) is 0 Å². The van der Waals surface area contributed by atoms with Crippen LogP contribution in [0.5, 0.6) is 0 Å². The number of fused-ring (bicyclic) bond motifs is 1. The van der Waals surface area contributed by atoms with Crippen LogP contribution in [0, 0.1) is 5.82 Å². The van der Waals surface area contributed by atoms with Crippen molar-refractivity contribution in [2.75, 3.05) is 0 Å². The van der Waals surface area contributed by atoms with E-state index >= 15 is 0 Å². The van der Waals surface area contributed by atoms with Gasteiger partial charge in [0.15, 0.2) is 0 Å². The molecule has 0 aromatic heterocycles. The average molecular weight is 286 g/mol. The van der Waals surface area contributed by atoms with E-state index in [4.69, 9.17) is 4.74 Å². The molecule has 0 saturated carbocycles. The highest BCUT2D eigenvalue weighted by Gasteiger charge is 2.32. The second-order valence-corrected chi connectivity index (χ2v) is 5.65. The van der Waals surface area contributed by atoms with Crippen LogP contribution in [-0.4, -0.2) is 11.2 Å². The zero-order chi connectivity index (χ0) is 14.8. The Morgan fingerprint density at radius 1 is 1.10 bits per heavy atom. The van der Waals surface area contributed by atoms with Gasteiger partial charge in [-0.1, -0.05) is 49.4 Å². The molecule has 0 fully saturated rings. The number of ether oxygens (including phenoxy) is 1. The maximum Gasteiger partial charge on any atom is 0.128 e. The van der Waals surface area contributed by atoms with Gasteiger partial charge in [0.05, 0.1) is 12.7 Å². The molecule has 1 aliphatic carbocycles. The Balaban J connectivity index is 1.74. The van der Waals surface area contributed by atoms with E-state index in [9.17, 15) is 9.50 Å². The van der Waals surface area contributed by atoms with Gasteiger partial charge in [-0.25, -0.2) is 4.39 Å². The molecule has 0 saturated heterocycles. The van der Waals surface area contributed by atoms with Crippen LogP contribution in [0.15, 0.2) is 48.5 Å². The molecule has 0 spiro atoms. The van der Waals surface area contributed by atoms with Gasteiger partial charge in [-0.2, -0.15) is 0 Å². The highest BCUT2D eigenvalue weighted by Crippen LogP contribution is 2.38.